The lowest BCUT2D eigenvalue weighted by atomic mass is 9.98. The Labute approximate surface area is 153 Å². The van der Waals surface area contributed by atoms with Crippen LogP contribution in [-0.2, 0) is 9.47 Å². The number of aliphatic imine (C=N–C) groups is 1. The Bertz CT molecular complexity index is 386. The van der Waals surface area contributed by atoms with Gasteiger partial charge in [0.15, 0.2) is 5.96 Å². The fourth-order valence-electron chi connectivity index (χ4n) is 3.74. The van der Waals surface area contributed by atoms with E-state index in [1.165, 1.54) is 32.1 Å². The van der Waals surface area contributed by atoms with E-state index in [9.17, 15) is 0 Å². The molecule has 2 unspecified atom stereocenters. The van der Waals surface area contributed by atoms with Crippen molar-refractivity contribution in [3.8, 4) is 0 Å². The fourth-order valence-corrected chi connectivity index (χ4v) is 3.74. The van der Waals surface area contributed by atoms with Crippen molar-refractivity contribution in [3.05, 3.63) is 0 Å². The minimum atomic E-state index is 0.465. The molecule has 1 aliphatic carbocycles. The van der Waals surface area contributed by atoms with E-state index in [0.717, 1.165) is 51.8 Å². The molecule has 146 valence electrons. The Hall–Kier alpha value is -0.850. The Balaban J connectivity index is 1.55. The van der Waals surface area contributed by atoms with Crippen molar-refractivity contribution in [2.24, 2.45) is 4.99 Å². The predicted octanol–water partition coefficient (Wildman–Crippen LogP) is 2.00. The molecule has 6 heteroatoms. The van der Waals surface area contributed by atoms with Gasteiger partial charge in [-0.25, -0.2) is 0 Å². The van der Waals surface area contributed by atoms with Gasteiger partial charge in [-0.2, -0.15) is 0 Å². The normalized spacial score (nSPS) is 24.9. The second-order valence-corrected chi connectivity index (χ2v) is 7.38. The Morgan fingerprint density at radius 3 is 2.80 bits per heavy atom. The zero-order valence-corrected chi connectivity index (χ0v) is 16.4. The number of rotatable bonds is 8. The van der Waals surface area contributed by atoms with E-state index in [1.54, 1.807) is 0 Å². The van der Waals surface area contributed by atoms with Gasteiger partial charge < -0.3 is 20.1 Å². The van der Waals surface area contributed by atoms with Crippen LogP contribution < -0.4 is 10.6 Å². The SMILES string of the molecule is CN=C(NCCCOC1CCCCC1)NCC(C)N1CCOCC1C. The van der Waals surface area contributed by atoms with Crippen LogP contribution in [0.1, 0.15) is 52.4 Å². The van der Waals surface area contributed by atoms with Gasteiger partial charge in [-0.1, -0.05) is 19.3 Å². The zero-order chi connectivity index (χ0) is 17.9. The van der Waals surface area contributed by atoms with Gasteiger partial charge in [0.2, 0.25) is 0 Å². The summed E-state index contributed by atoms with van der Waals surface area (Å²) in [6.45, 7) is 9.80. The van der Waals surface area contributed by atoms with E-state index >= 15 is 0 Å². The maximum atomic E-state index is 5.97. The molecular formula is C19H38N4O2. The first-order valence-corrected chi connectivity index (χ1v) is 10.1. The van der Waals surface area contributed by atoms with Crippen molar-refractivity contribution in [2.45, 2.75) is 70.6 Å². The van der Waals surface area contributed by atoms with Gasteiger partial charge in [-0.3, -0.25) is 9.89 Å². The first kappa shape index (κ1) is 20.5. The average Bonchev–Trinajstić information content (AvgIpc) is 2.65. The third-order valence-corrected chi connectivity index (χ3v) is 5.29. The molecule has 1 aliphatic heterocycles. The molecule has 1 saturated heterocycles. The second kappa shape index (κ2) is 11.7. The van der Waals surface area contributed by atoms with Crippen LogP contribution in [0.5, 0.6) is 0 Å². The molecule has 2 aliphatic rings. The average molecular weight is 355 g/mol. The molecule has 2 N–H and O–H groups in total. The topological polar surface area (TPSA) is 58.1 Å². The van der Waals surface area contributed by atoms with Crippen molar-refractivity contribution in [3.63, 3.8) is 0 Å². The molecule has 2 fully saturated rings. The Morgan fingerprint density at radius 1 is 1.28 bits per heavy atom. The van der Waals surface area contributed by atoms with Gasteiger partial charge in [-0.05, 0) is 33.1 Å². The van der Waals surface area contributed by atoms with Gasteiger partial charge in [0, 0.05) is 45.4 Å². The minimum absolute atomic E-state index is 0.465. The summed E-state index contributed by atoms with van der Waals surface area (Å²) in [5.41, 5.74) is 0. The van der Waals surface area contributed by atoms with Crippen LogP contribution in [0.15, 0.2) is 4.99 Å². The molecule has 1 saturated carbocycles. The number of hydrogen-bond donors (Lipinski definition) is 2. The highest BCUT2D eigenvalue weighted by atomic mass is 16.5. The number of guanidine groups is 1. The van der Waals surface area contributed by atoms with Crippen LogP contribution in [0.3, 0.4) is 0 Å². The van der Waals surface area contributed by atoms with E-state index in [-0.39, 0.29) is 0 Å². The molecule has 0 aromatic rings. The minimum Gasteiger partial charge on any atom is -0.379 e. The molecule has 2 atom stereocenters. The lowest BCUT2D eigenvalue weighted by Crippen LogP contribution is -2.53. The lowest BCUT2D eigenvalue weighted by Gasteiger charge is -2.38. The molecule has 25 heavy (non-hydrogen) atoms. The molecule has 0 aromatic heterocycles. The third-order valence-electron chi connectivity index (χ3n) is 5.29. The summed E-state index contributed by atoms with van der Waals surface area (Å²) in [5, 5.41) is 6.84. The van der Waals surface area contributed by atoms with Crippen LogP contribution in [0.2, 0.25) is 0 Å². The molecule has 1 heterocycles. The highest BCUT2D eigenvalue weighted by Gasteiger charge is 2.23. The van der Waals surface area contributed by atoms with E-state index in [4.69, 9.17) is 9.47 Å². The van der Waals surface area contributed by atoms with E-state index in [2.05, 4.69) is 34.4 Å². The quantitative estimate of drug-likeness (QED) is 0.397. The van der Waals surface area contributed by atoms with E-state index < -0.39 is 0 Å². The van der Waals surface area contributed by atoms with Crippen molar-refractivity contribution in [1.82, 2.24) is 15.5 Å². The smallest absolute Gasteiger partial charge is 0.191 e. The lowest BCUT2D eigenvalue weighted by molar-refractivity contribution is -0.0174. The maximum Gasteiger partial charge on any atom is 0.191 e. The molecular weight excluding hydrogens is 316 g/mol. The monoisotopic (exact) mass is 354 g/mol. The number of ether oxygens (including phenoxy) is 2. The van der Waals surface area contributed by atoms with Crippen molar-refractivity contribution >= 4 is 5.96 Å². The summed E-state index contributed by atoms with van der Waals surface area (Å²) < 4.78 is 11.5. The standard InChI is InChI=1S/C19H38N4O2/c1-16(23-11-13-24-15-17(23)2)14-22-19(20-3)21-10-7-12-25-18-8-5-4-6-9-18/h16-18H,4-15H2,1-3H3,(H2,20,21,22). The molecule has 0 spiro atoms. The van der Waals surface area contributed by atoms with Crippen LogP contribution >= 0.6 is 0 Å². The van der Waals surface area contributed by atoms with Gasteiger partial charge in [0.05, 0.1) is 19.3 Å². The zero-order valence-electron chi connectivity index (χ0n) is 16.4. The van der Waals surface area contributed by atoms with E-state index in [1.807, 2.05) is 7.05 Å². The Morgan fingerprint density at radius 2 is 2.08 bits per heavy atom. The Kier molecular flexibility index (Phi) is 9.58. The van der Waals surface area contributed by atoms with Gasteiger partial charge in [0.25, 0.3) is 0 Å². The van der Waals surface area contributed by atoms with Gasteiger partial charge in [0.1, 0.15) is 0 Å². The fraction of sp³-hybridized carbons (Fsp3) is 0.947. The molecule has 0 bridgehead atoms. The van der Waals surface area contributed by atoms with Crippen molar-refractivity contribution in [2.75, 3.05) is 46.5 Å². The number of nitrogens with one attached hydrogen (secondary N) is 2. The van der Waals surface area contributed by atoms with Crippen LogP contribution in [0.25, 0.3) is 0 Å². The highest BCUT2D eigenvalue weighted by Crippen LogP contribution is 2.20. The number of hydrogen-bond acceptors (Lipinski definition) is 4. The summed E-state index contributed by atoms with van der Waals surface area (Å²) in [6.07, 6.45) is 8.06. The summed E-state index contributed by atoms with van der Waals surface area (Å²) in [6, 6.07) is 0.949. The number of nitrogens with zero attached hydrogens (tertiary/aromatic N) is 2. The van der Waals surface area contributed by atoms with Gasteiger partial charge >= 0.3 is 0 Å². The molecule has 0 aromatic carbocycles. The summed E-state index contributed by atoms with van der Waals surface area (Å²) in [5.74, 6) is 0.880. The molecule has 2 rings (SSSR count). The highest BCUT2D eigenvalue weighted by molar-refractivity contribution is 5.79. The number of morpholine rings is 1. The molecule has 6 nitrogen and oxygen atoms in total. The summed E-state index contributed by atoms with van der Waals surface area (Å²) in [7, 11) is 1.83. The third kappa shape index (κ3) is 7.50. The largest absolute Gasteiger partial charge is 0.379 e. The molecule has 0 radical (unpaired) electrons. The molecule has 0 amide bonds. The summed E-state index contributed by atoms with van der Waals surface area (Å²) >= 11 is 0. The van der Waals surface area contributed by atoms with Crippen molar-refractivity contribution in [1.29, 1.82) is 0 Å². The second-order valence-electron chi connectivity index (χ2n) is 7.38. The van der Waals surface area contributed by atoms with Gasteiger partial charge in [-0.15, -0.1) is 0 Å². The van der Waals surface area contributed by atoms with Crippen molar-refractivity contribution < 1.29 is 9.47 Å². The van der Waals surface area contributed by atoms with Crippen LogP contribution in [0.4, 0.5) is 0 Å². The summed E-state index contributed by atoms with van der Waals surface area (Å²) in [4.78, 5) is 6.82. The maximum absolute atomic E-state index is 5.97. The predicted molar refractivity (Wildman–Crippen MR) is 103 cm³/mol. The van der Waals surface area contributed by atoms with Crippen LogP contribution in [0, 0.1) is 0 Å². The van der Waals surface area contributed by atoms with Crippen LogP contribution in [-0.4, -0.2) is 75.5 Å². The van der Waals surface area contributed by atoms with E-state index in [0.29, 0.717) is 18.2 Å². The first-order valence-electron chi connectivity index (χ1n) is 10.1. The first-order chi connectivity index (χ1) is 12.2.